The molecule has 1 aliphatic heterocycles. The highest BCUT2D eigenvalue weighted by Crippen LogP contribution is 2.39. The fraction of sp³-hybridized carbons (Fsp3) is 0.286. The van der Waals surface area contributed by atoms with Crippen LogP contribution in [0.25, 0.3) is 0 Å². The zero-order valence-corrected chi connectivity index (χ0v) is 21.4. The van der Waals surface area contributed by atoms with Crippen LogP contribution in [0.2, 0.25) is 5.02 Å². The molecule has 0 bridgehead atoms. The lowest BCUT2D eigenvalue weighted by atomic mass is 9.99. The summed E-state index contributed by atoms with van der Waals surface area (Å²) in [7, 11) is -3.61. The number of hydrogen-bond donors (Lipinski definition) is 1. The minimum Gasteiger partial charge on any atom is -0.366 e. The van der Waals surface area contributed by atoms with Gasteiger partial charge in [-0.15, -0.1) is 6.58 Å². The number of aryl methyl sites for hydroxylation is 1. The maximum atomic E-state index is 14.1. The van der Waals surface area contributed by atoms with Crippen LogP contribution in [0.1, 0.15) is 17.5 Å². The minimum absolute atomic E-state index is 0.0914. The SMILES string of the molecule is C=CCS(=O)(=O)C1(CCc2ccccc2)CN(c2ccc(CN)cc2)CCN1c1ccc(Cl)cc1. The number of rotatable bonds is 9. The standard InChI is InChI=1S/C28H32ClN3O2S/c1-2-20-35(33,34)28(17-16-23-6-4-3-5-7-23)22-31(26-12-8-24(21-30)9-13-26)18-19-32(28)27-14-10-25(29)11-15-27/h2-15H,1,16-22,30H2. The lowest BCUT2D eigenvalue weighted by molar-refractivity contribution is 0.420. The molecule has 4 rings (SSSR count). The molecular formula is C28H32ClN3O2S. The molecule has 35 heavy (non-hydrogen) atoms. The smallest absolute Gasteiger partial charge is 0.179 e. The van der Waals surface area contributed by atoms with Crippen molar-refractivity contribution in [2.45, 2.75) is 24.3 Å². The van der Waals surface area contributed by atoms with Crippen LogP contribution in [0.4, 0.5) is 11.4 Å². The van der Waals surface area contributed by atoms with Gasteiger partial charge in [-0.05, 0) is 60.4 Å². The molecule has 1 fully saturated rings. The fourth-order valence-corrected chi connectivity index (χ4v) is 6.91. The molecule has 5 nitrogen and oxygen atoms in total. The quantitative estimate of drug-likeness (QED) is 0.408. The van der Waals surface area contributed by atoms with E-state index in [1.807, 2.05) is 78.9 Å². The third-order valence-corrected chi connectivity index (χ3v) is 9.40. The van der Waals surface area contributed by atoms with E-state index in [2.05, 4.69) is 16.4 Å². The van der Waals surface area contributed by atoms with E-state index in [0.717, 1.165) is 22.5 Å². The Hall–Kier alpha value is -2.80. The molecule has 0 saturated carbocycles. The van der Waals surface area contributed by atoms with Gasteiger partial charge in [-0.1, -0.05) is 60.1 Å². The molecule has 0 spiro atoms. The first-order valence-corrected chi connectivity index (χ1v) is 13.9. The number of nitrogens with zero attached hydrogens (tertiary/aromatic N) is 2. The molecule has 184 valence electrons. The van der Waals surface area contributed by atoms with Crippen molar-refractivity contribution in [3.63, 3.8) is 0 Å². The van der Waals surface area contributed by atoms with Crippen molar-refractivity contribution in [2.75, 3.05) is 35.2 Å². The average Bonchev–Trinajstić information content (AvgIpc) is 2.88. The van der Waals surface area contributed by atoms with Gasteiger partial charge in [-0.3, -0.25) is 0 Å². The van der Waals surface area contributed by atoms with E-state index in [9.17, 15) is 8.42 Å². The number of sulfone groups is 1. The lowest BCUT2D eigenvalue weighted by Crippen LogP contribution is -2.67. The van der Waals surface area contributed by atoms with Crippen molar-refractivity contribution in [3.8, 4) is 0 Å². The van der Waals surface area contributed by atoms with Gasteiger partial charge in [0.1, 0.15) is 0 Å². The van der Waals surface area contributed by atoms with E-state index < -0.39 is 14.7 Å². The van der Waals surface area contributed by atoms with Crippen molar-refractivity contribution in [2.24, 2.45) is 5.73 Å². The topological polar surface area (TPSA) is 66.6 Å². The molecular weight excluding hydrogens is 478 g/mol. The highest BCUT2D eigenvalue weighted by atomic mass is 35.5. The van der Waals surface area contributed by atoms with Gasteiger partial charge >= 0.3 is 0 Å². The normalized spacial score (nSPS) is 18.5. The summed E-state index contributed by atoms with van der Waals surface area (Å²) >= 11 is 6.16. The van der Waals surface area contributed by atoms with Crippen LogP contribution in [-0.2, 0) is 22.8 Å². The van der Waals surface area contributed by atoms with Crippen molar-refractivity contribution < 1.29 is 8.42 Å². The molecule has 3 aromatic carbocycles. The van der Waals surface area contributed by atoms with Crippen molar-refractivity contribution in [1.82, 2.24) is 0 Å². The molecule has 1 saturated heterocycles. The number of nitrogens with two attached hydrogens (primary N) is 1. The van der Waals surface area contributed by atoms with Gasteiger partial charge in [-0.25, -0.2) is 8.42 Å². The average molecular weight is 510 g/mol. The van der Waals surface area contributed by atoms with Crippen LogP contribution >= 0.6 is 11.6 Å². The van der Waals surface area contributed by atoms with E-state index in [1.165, 1.54) is 6.08 Å². The van der Waals surface area contributed by atoms with Gasteiger partial charge in [0.05, 0.1) is 12.3 Å². The van der Waals surface area contributed by atoms with Gasteiger partial charge in [-0.2, -0.15) is 0 Å². The summed E-state index contributed by atoms with van der Waals surface area (Å²) in [4.78, 5) is 3.10. The van der Waals surface area contributed by atoms with E-state index in [1.54, 1.807) is 0 Å². The van der Waals surface area contributed by atoms with E-state index in [-0.39, 0.29) is 5.75 Å². The Kier molecular flexibility index (Phi) is 7.85. The molecule has 3 aromatic rings. The maximum Gasteiger partial charge on any atom is 0.179 e. The Balaban J connectivity index is 1.80. The van der Waals surface area contributed by atoms with Crippen molar-refractivity contribution in [3.05, 3.63) is 108 Å². The first-order valence-electron chi connectivity index (χ1n) is 11.8. The largest absolute Gasteiger partial charge is 0.366 e. The van der Waals surface area contributed by atoms with E-state index in [4.69, 9.17) is 17.3 Å². The third kappa shape index (κ3) is 5.40. The van der Waals surface area contributed by atoms with Crippen LogP contribution in [0.15, 0.2) is 91.5 Å². The summed E-state index contributed by atoms with van der Waals surface area (Å²) in [5, 5.41) is 0.621. The molecule has 0 amide bonds. The summed E-state index contributed by atoms with van der Waals surface area (Å²) in [6.45, 7) is 5.83. The zero-order valence-electron chi connectivity index (χ0n) is 19.8. The Morgan fingerprint density at radius 1 is 0.914 bits per heavy atom. The molecule has 0 aromatic heterocycles. The summed E-state index contributed by atoms with van der Waals surface area (Å²) in [6.07, 6.45) is 2.59. The van der Waals surface area contributed by atoms with Crippen LogP contribution in [0.3, 0.4) is 0 Å². The van der Waals surface area contributed by atoms with Crippen LogP contribution in [-0.4, -0.2) is 38.7 Å². The van der Waals surface area contributed by atoms with Crippen LogP contribution in [0.5, 0.6) is 0 Å². The van der Waals surface area contributed by atoms with Gasteiger partial charge < -0.3 is 15.5 Å². The van der Waals surface area contributed by atoms with Gasteiger partial charge in [0.15, 0.2) is 14.7 Å². The monoisotopic (exact) mass is 509 g/mol. The Morgan fingerprint density at radius 3 is 2.20 bits per heavy atom. The first kappa shape index (κ1) is 25.3. The molecule has 2 N–H and O–H groups in total. The van der Waals surface area contributed by atoms with Gasteiger partial charge in [0.25, 0.3) is 0 Å². The summed E-state index contributed by atoms with van der Waals surface area (Å²) < 4.78 is 28.1. The number of anilines is 2. The lowest BCUT2D eigenvalue weighted by Gasteiger charge is -2.52. The van der Waals surface area contributed by atoms with Crippen LogP contribution < -0.4 is 15.5 Å². The summed E-state index contributed by atoms with van der Waals surface area (Å²) in [5.41, 5.74) is 9.79. The van der Waals surface area contributed by atoms with Gasteiger partial charge in [0, 0.05) is 36.0 Å². The Labute approximate surface area is 213 Å². The zero-order chi connectivity index (χ0) is 24.9. The van der Waals surface area contributed by atoms with Gasteiger partial charge in [0.2, 0.25) is 0 Å². The van der Waals surface area contributed by atoms with E-state index in [0.29, 0.717) is 44.0 Å². The van der Waals surface area contributed by atoms with E-state index >= 15 is 0 Å². The number of halogens is 1. The second-order valence-electron chi connectivity index (χ2n) is 8.92. The number of benzene rings is 3. The van der Waals surface area contributed by atoms with Crippen LogP contribution in [0, 0.1) is 0 Å². The number of piperazine rings is 1. The highest BCUT2D eigenvalue weighted by Gasteiger charge is 2.51. The Morgan fingerprint density at radius 2 is 1.57 bits per heavy atom. The summed E-state index contributed by atoms with van der Waals surface area (Å²) in [6, 6.07) is 25.6. The second-order valence-corrected chi connectivity index (χ2v) is 11.7. The molecule has 7 heteroatoms. The Bertz CT molecular complexity index is 1230. The third-order valence-electron chi connectivity index (χ3n) is 6.76. The predicted molar refractivity (Wildman–Crippen MR) is 147 cm³/mol. The second kappa shape index (κ2) is 10.9. The molecule has 0 aliphatic carbocycles. The molecule has 1 aliphatic rings. The fourth-order valence-electron chi connectivity index (χ4n) is 4.87. The predicted octanol–water partition coefficient (Wildman–Crippen LogP) is 5.06. The first-order chi connectivity index (χ1) is 16.9. The minimum atomic E-state index is -3.61. The molecule has 1 atom stereocenters. The maximum absolute atomic E-state index is 14.1. The molecule has 1 unspecified atom stereocenters. The molecule has 1 heterocycles. The van der Waals surface area contributed by atoms with Crippen molar-refractivity contribution in [1.29, 1.82) is 0 Å². The highest BCUT2D eigenvalue weighted by molar-refractivity contribution is 7.93. The molecule has 0 radical (unpaired) electrons. The van der Waals surface area contributed by atoms with Crippen molar-refractivity contribution >= 4 is 32.8 Å². The number of hydrogen-bond acceptors (Lipinski definition) is 5. The summed E-state index contributed by atoms with van der Waals surface area (Å²) in [5.74, 6) is -0.0914.